The number of benzene rings is 1. The van der Waals surface area contributed by atoms with E-state index in [2.05, 4.69) is 0 Å². The number of imide groups is 1. The minimum atomic E-state index is -0.364. The van der Waals surface area contributed by atoms with Crippen molar-refractivity contribution in [3.63, 3.8) is 0 Å². The van der Waals surface area contributed by atoms with Gasteiger partial charge in [0.1, 0.15) is 6.04 Å². The van der Waals surface area contributed by atoms with Crippen LogP contribution < -0.4 is 4.90 Å². The number of nitrogens with zero attached hydrogens (tertiary/aromatic N) is 2. The van der Waals surface area contributed by atoms with Crippen molar-refractivity contribution in [2.45, 2.75) is 31.9 Å². The number of aryl methyl sites for hydroxylation is 1. The molecule has 20 heavy (non-hydrogen) atoms. The molecule has 0 saturated carbocycles. The number of rotatable bonds is 3. The van der Waals surface area contributed by atoms with Crippen molar-refractivity contribution in [1.29, 1.82) is 0 Å². The first-order chi connectivity index (χ1) is 9.67. The van der Waals surface area contributed by atoms with Crippen LogP contribution in [0.15, 0.2) is 24.3 Å². The Bertz CT molecular complexity index is 534. The zero-order chi connectivity index (χ0) is 14.3. The molecular formula is C15H18N2O3. The molecule has 2 heterocycles. The SMILES string of the molecule is CCc1ccccc1N1C(=O)[C@H]2C[C@@H](OC)CN2C1=O. The van der Waals surface area contributed by atoms with Crippen LogP contribution >= 0.6 is 0 Å². The smallest absolute Gasteiger partial charge is 0.332 e. The molecule has 0 aromatic heterocycles. The van der Waals surface area contributed by atoms with E-state index >= 15 is 0 Å². The van der Waals surface area contributed by atoms with Crippen LogP contribution in [0, 0.1) is 0 Å². The minimum Gasteiger partial charge on any atom is -0.380 e. The standard InChI is InChI=1S/C15H18N2O3/c1-3-10-6-4-5-7-12(10)17-14(18)13-8-11(20-2)9-16(13)15(17)19/h4-7,11,13H,3,8-9H2,1-2H3/t11-,13-/m1/s1. The molecule has 0 aliphatic carbocycles. The third kappa shape index (κ3) is 1.81. The third-order valence-electron chi connectivity index (χ3n) is 4.15. The highest BCUT2D eigenvalue weighted by molar-refractivity contribution is 6.22. The molecule has 0 bridgehead atoms. The lowest BCUT2D eigenvalue weighted by Gasteiger charge is -2.19. The van der Waals surface area contributed by atoms with E-state index in [4.69, 9.17) is 4.74 Å². The number of hydrogen-bond donors (Lipinski definition) is 0. The number of urea groups is 1. The summed E-state index contributed by atoms with van der Waals surface area (Å²) < 4.78 is 5.27. The lowest BCUT2D eigenvalue weighted by Crippen LogP contribution is -2.35. The highest BCUT2D eigenvalue weighted by atomic mass is 16.5. The Morgan fingerprint density at radius 3 is 2.70 bits per heavy atom. The quantitative estimate of drug-likeness (QED) is 0.790. The van der Waals surface area contributed by atoms with Gasteiger partial charge in [0, 0.05) is 20.1 Å². The minimum absolute atomic E-state index is 0.0310. The van der Waals surface area contributed by atoms with Crippen molar-refractivity contribution in [3.8, 4) is 0 Å². The van der Waals surface area contributed by atoms with E-state index in [1.165, 1.54) is 4.90 Å². The maximum absolute atomic E-state index is 12.5. The summed E-state index contributed by atoms with van der Waals surface area (Å²) in [5.41, 5.74) is 1.73. The molecule has 2 fully saturated rings. The Morgan fingerprint density at radius 2 is 2.05 bits per heavy atom. The van der Waals surface area contributed by atoms with Crippen LogP contribution in [0.1, 0.15) is 18.9 Å². The van der Waals surface area contributed by atoms with Crippen molar-refractivity contribution in [2.75, 3.05) is 18.6 Å². The second kappa shape index (κ2) is 4.90. The Morgan fingerprint density at radius 1 is 1.30 bits per heavy atom. The van der Waals surface area contributed by atoms with E-state index in [1.807, 2.05) is 31.2 Å². The average molecular weight is 274 g/mol. The number of ether oxygens (including phenoxy) is 1. The first-order valence-corrected chi connectivity index (χ1v) is 6.92. The van der Waals surface area contributed by atoms with Crippen LogP contribution in [0.3, 0.4) is 0 Å². The predicted octanol–water partition coefficient (Wildman–Crippen LogP) is 1.80. The van der Waals surface area contributed by atoms with Gasteiger partial charge in [0.2, 0.25) is 0 Å². The molecule has 106 valence electrons. The zero-order valence-electron chi connectivity index (χ0n) is 11.7. The number of methoxy groups -OCH3 is 1. The topological polar surface area (TPSA) is 49.9 Å². The summed E-state index contributed by atoms with van der Waals surface area (Å²) in [6.45, 7) is 2.52. The van der Waals surface area contributed by atoms with Gasteiger partial charge in [0.15, 0.2) is 0 Å². The molecule has 3 rings (SSSR count). The summed E-state index contributed by atoms with van der Waals surface area (Å²) in [6.07, 6.45) is 1.35. The van der Waals surface area contributed by atoms with Gasteiger partial charge < -0.3 is 9.64 Å². The molecule has 2 aliphatic rings. The number of anilines is 1. The molecule has 0 spiro atoms. The Hall–Kier alpha value is -1.88. The van der Waals surface area contributed by atoms with Crippen LogP contribution in [-0.4, -0.2) is 42.6 Å². The summed E-state index contributed by atoms with van der Waals surface area (Å²) in [6, 6.07) is 6.99. The highest BCUT2D eigenvalue weighted by Crippen LogP contribution is 2.33. The average Bonchev–Trinajstić information content (AvgIpc) is 3.00. The third-order valence-corrected chi connectivity index (χ3v) is 4.15. The van der Waals surface area contributed by atoms with Crippen LogP contribution in [0.2, 0.25) is 0 Å². The molecule has 0 unspecified atom stereocenters. The monoisotopic (exact) mass is 274 g/mol. The molecule has 1 aromatic rings. The van der Waals surface area contributed by atoms with E-state index in [0.717, 1.165) is 12.0 Å². The van der Waals surface area contributed by atoms with Gasteiger partial charge in [-0.2, -0.15) is 0 Å². The van der Waals surface area contributed by atoms with Crippen LogP contribution in [0.4, 0.5) is 10.5 Å². The number of carbonyl (C=O) groups excluding carboxylic acids is 2. The number of carbonyl (C=O) groups is 2. The highest BCUT2D eigenvalue weighted by Gasteiger charge is 2.51. The number of para-hydroxylation sites is 1. The maximum Gasteiger partial charge on any atom is 0.332 e. The van der Waals surface area contributed by atoms with Crippen molar-refractivity contribution in [1.82, 2.24) is 4.90 Å². The van der Waals surface area contributed by atoms with Gasteiger partial charge in [-0.25, -0.2) is 9.69 Å². The van der Waals surface area contributed by atoms with E-state index in [9.17, 15) is 9.59 Å². The molecule has 5 nitrogen and oxygen atoms in total. The summed E-state index contributed by atoms with van der Waals surface area (Å²) in [5.74, 6) is -0.129. The molecule has 3 amide bonds. The first kappa shape index (κ1) is 13.1. The van der Waals surface area contributed by atoms with Gasteiger partial charge in [-0.15, -0.1) is 0 Å². The van der Waals surface area contributed by atoms with Crippen molar-refractivity contribution in [3.05, 3.63) is 29.8 Å². The van der Waals surface area contributed by atoms with E-state index < -0.39 is 0 Å². The van der Waals surface area contributed by atoms with Crippen molar-refractivity contribution in [2.24, 2.45) is 0 Å². The number of hydrogen-bond acceptors (Lipinski definition) is 3. The Kier molecular flexibility index (Phi) is 3.22. The summed E-state index contributed by atoms with van der Waals surface area (Å²) in [7, 11) is 1.62. The molecule has 0 N–H and O–H groups in total. The lowest BCUT2D eigenvalue weighted by atomic mass is 10.1. The Balaban J connectivity index is 1.94. The van der Waals surface area contributed by atoms with Gasteiger partial charge in [0.05, 0.1) is 11.8 Å². The molecule has 2 aliphatic heterocycles. The van der Waals surface area contributed by atoms with E-state index in [0.29, 0.717) is 18.7 Å². The van der Waals surface area contributed by atoms with Crippen LogP contribution in [0.5, 0.6) is 0 Å². The zero-order valence-corrected chi connectivity index (χ0v) is 11.7. The second-order valence-electron chi connectivity index (χ2n) is 5.20. The molecule has 0 radical (unpaired) electrons. The second-order valence-corrected chi connectivity index (χ2v) is 5.20. The summed E-state index contributed by atoms with van der Waals surface area (Å²) in [5, 5.41) is 0. The van der Waals surface area contributed by atoms with Gasteiger partial charge in [-0.05, 0) is 18.1 Å². The summed E-state index contributed by atoms with van der Waals surface area (Å²) in [4.78, 5) is 28.0. The van der Waals surface area contributed by atoms with Crippen molar-refractivity contribution >= 4 is 17.6 Å². The molecular weight excluding hydrogens is 256 g/mol. The molecule has 1 aromatic carbocycles. The van der Waals surface area contributed by atoms with Crippen molar-refractivity contribution < 1.29 is 14.3 Å². The Labute approximate surface area is 118 Å². The van der Waals surface area contributed by atoms with Gasteiger partial charge >= 0.3 is 6.03 Å². The van der Waals surface area contributed by atoms with E-state index in [-0.39, 0.29) is 24.1 Å². The lowest BCUT2D eigenvalue weighted by molar-refractivity contribution is -0.119. The fourth-order valence-corrected chi connectivity index (χ4v) is 3.04. The van der Waals surface area contributed by atoms with E-state index in [1.54, 1.807) is 12.0 Å². The maximum atomic E-state index is 12.5. The van der Waals surface area contributed by atoms with Crippen LogP contribution in [0.25, 0.3) is 0 Å². The van der Waals surface area contributed by atoms with Gasteiger partial charge in [0.25, 0.3) is 5.91 Å². The summed E-state index contributed by atoms with van der Waals surface area (Å²) >= 11 is 0. The number of fused-ring (bicyclic) bond motifs is 1. The predicted molar refractivity (Wildman–Crippen MR) is 74.6 cm³/mol. The normalized spacial score (nSPS) is 25.5. The molecule has 5 heteroatoms. The number of amides is 3. The van der Waals surface area contributed by atoms with Crippen LogP contribution in [-0.2, 0) is 16.0 Å². The fourth-order valence-electron chi connectivity index (χ4n) is 3.04. The molecule has 2 saturated heterocycles. The van der Waals surface area contributed by atoms with Gasteiger partial charge in [-0.1, -0.05) is 25.1 Å². The first-order valence-electron chi connectivity index (χ1n) is 6.92. The molecule has 2 atom stereocenters. The fraction of sp³-hybridized carbons (Fsp3) is 0.467. The van der Waals surface area contributed by atoms with Gasteiger partial charge in [-0.3, -0.25) is 4.79 Å². The largest absolute Gasteiger partial charge is 0.380 e.